The molecule has 0 heterocycles. The topological polar surface area (TPSA) is 37.3 Å². The van der Waals surface area contributed by atoms with Gasteiger partial charge >= 0.3 is 0 Å². The zero-order chi connectivity index (χ0) is 20.4. The summed E-state index contributed by atoms with van der Waals surface area (Å²) in [5.74, 6) is 3.67. The Morgan fingerprint density at radius 3 is 2.34 bits per heavy atom. The van der Waals surface area contributed by atoms with Crippen LogP contribution in [-0.4, -0.2) is 10.9 Å². The van der Waals surface area contributed by atoms with E-state index in [2.05, 4.69) is 38.1 Å². The zero-order valence-electron chi connectivity index (χ0n) is 18.5. The minimum atomic E-state index is -0.644. The van der Waals surface area contributed by atoms with Gasteiger partial charge in [0.1, 0.15) is 5.78 Å². The van der Waals surface area contributed by atoms with Crippen molar-refractivity contribution < 1.29 is 9.90 Å². The van der Waals surface area contributed by atoms with Crippen molar-refractivity contribution in [3.8, 4) is 0 Å². The molecule has 0 amide bonds. The molecule has 158 valence electrons. The highest BCUT2D eigenvalue weighted by molar-refractivity contribution is 5.79. The van der Waals surface area contributed by atoms with E-state index in [1.54, 1.807) is 0 Å². The van der Waals surface area contributed by atoms with Crippen molar-refractivity contribution in [2.75, 3.05) is 0 Å². The molecule has 0 bridgehead atoms. The number of hydrogen-bond donors (Lipinski definition) is 1. The van der Waals surface area contributed by atoms with Crippen molar-refractivity contribution in [1.29, 1.82) is 0 Å². The molecule has 4 saturated carbocycles. The fraction of sp³-hybridized carbons (Fsp3) is 0.741. The van der Waals surface area contributed by atoms with Crippen LogP contribution in [0.3, 0.4) is 0 Å². The molecule has 2 heteroatoms. The van der Waals surface area contributed by atoms with E-state index in [0.29, 0.717) is 23.0 Å². The average molecular weight is 395 g/mol. The third kappa shape index (κ3) is 2.81. The fourth-order valence-electron chi connectivity index (χ4n) is 8.92. The summed E-state index contributed by atoms with van der Waals surface area (Å²) in [6.45, 7) is 6.82. The normalized spacial score (nSPS) is 49.0. The molecule has 29 heavy (non-hydrogen) atoms. The molecule has 1 aromatic carbocycles. The molecule has 1 N–H and O–H groups in total. The smallest absolute Gasteiger partial charge is 0.133 e. The molecule has 0 radical (unpaired) electrons. The van der Waals surface area contributed by atoms with E-state index in [1.807, 2.05) is 13.0 Å². The monoisotopic (exact) mass is 394 g/mol. The number of carbonyl (C=O) groups is 1. The summed E-state index contributed by atoms with van der Waals surface area (Å²) in [5, 5.41) is 11.5. The average Bonchev–Trinajstić information content (AvgIpc) is 3.07. The first-order valence-corrected chi connectivity index (χ1v) is 12.1. The van der Waals surface area contributed by atoms with Gasteiger partial charge in [-0.15, -0.1) is 0 Å². The first kappa shape index (κ1) is 19.8. The number of ketones is 1. The van der Waals surface area contributed by atoms with Crippen LogP contribution in [0.25, 0.3) is 0 Å². The van der Waals surface area contributed by atoms with Gasteiger partial charge in [-0.05, 0) is 105 Å². The molecule has 4 aliphatic rings. The van der Waals surface area contributed by atoms with E-state index in [4.69, 9.17) is 0 Å². The Labute approximate surface area is 176 Å². The van der Waals surface area contributed by atoms with Crippen LogP contribution in [0.1, 0.15) is 84.1 Å². The summed E-state index contributed by atoms with van der Waals surface area (Å²) < 4.78 is 0. The van der Waals surface area contributed by atoms with Gasteiger partial charge in [0, 0.05) is 5.92 Å². The first-order valence-electron chi connectivity index (χ1n) is 12.1. The largest absolute Gasteiger partial charge is 0.385 e. The van der Waals surface area contributed by atoms with Crippen LogP contribution in [0.2, 0.25) is 0 Å². The molecule has 8 atom stereocenters. The molecule has 0 aliphatic heterocycles. The van der Waals surface area contributed by atoms with Gasteiger partial charge in [-0.1, -0.05) is 44.2 Å². The SMILES string of the molecule is CC(=O)[C@H]1CC[C@H]2[C@@H]3CC[C@@H]4C[C@@](O)(c5ccccc5)CC[C@]4(C)[C@H]3CC[C@]12C. The highest BCUT2D eigenvalue weighted by atomic mass is 16.3. The number of rotatable bonds is 2. The Morgan fingerprint density at radius 2 is 1.62 bits per heavy atom. The minimum absolute atomic E-state index is 0.246. The predicted octanol–water partition coefficient (Wildman–Crippen LogP) is 6.12. The van der Waals surface area contributed by atoms with Gasteiger partial charge < -0.3 is 5.11 Å². The summed E-state index contributed by atoms with van der Waals surface area (Å²) in [4.78, 5) is 12.3. The Kier molecular flexibility index (Phi) is 4.55. The van der Waals surface area contributed by atoms with E-state index in [0.717, 1.165) is 49.0 Å². The Balaban J connectivity index is 1.40. The molecule has 4 fully saturated rings. The second-order valence-electron chi connectivity index (χ2n) is 11.5. The summed E-state index contributed by atoms with van der Waals surface area (Å²) in [7, 11) is 0. The second-order valence-corrected chi connectivity index (χ2v) is 11.5. The maximum atomic E-state index is 12.3. The van der Waals surface area contributed by atoms with Crippen molar-refractivity contribution in [3.05, 3.63) is 35.9 Å². The van der Waals surface area contributed by atoms with Gasteiger partial charge in [0.2, 0.25) is 0 Å². The quantitative estimate of drug-likeness (QED) is 0.656. The number of carbonyl (C=O) groups excluding carboxylic acids is 1. The maximum Gasteiger partial charge on any atom is 0.133 e. The van der Waals surface area contributed by atoms with Crippen molar-refractivity contribution in [2.24, 2.45) is 40.4 Å². The van der Waals surface area contributed by atoms with Crippen LogP contribution in [0.15, 0.2) is 30.3 Å². The van der Waals surface area contributed by atoms with Crippen molar-refractivity contribution in [1.82, 2.24) is 0 Å². The molecular weight excluding hydrogens is 356 g/mol. The third-order valence-corrected chi connectivity index (χ3v) is 10.5. The highest BCUT2D eigenvalue weighted by Crippen LogP contribution is 2.68. The molecular formula is C27H38O2. The summed E-state index contributed by atoms with van der Waals surface area (Å²) >= 11 is 0. The van der Waals surface area contributed by atoms with E-state index < -0.39 is 5.60 Å². The van der Waals surface area contributed by atoms with Crippen molar-refractivity contribution in [3.63, 3.8) is 0 Å². The zero-order valence-corrected chi connectivity index (χ0v) is 18.5. The van der Waals surface area contributed by atoms with Crippen LogP contribution in [0.5, 0.6) is 0 Å². The lowest BCUT2D eigenvalue weighted by molar-refractivity contribution is -0.155. The first-order chi connectivity index (χ1) is 13.8. The third-order valence-electron chi connectivity index (χ3n) is 10.5. The van der Waals surface area contributed by atoms with E-state index >= 15 is 0 Å². The molecule has 5 rings (SSSR count). The van der Waals surface area contributed by atoms with Gasteiger partial charge in [0.05, 0.1) is 5.60 Å². The van der Waals surface area contributed by atoms with E-state index in [-0.39, 0.29) is 5.41 Å². The summed E-state index contributed by atoms with van der Waals surface area (Å²) in [5.41, 5.74) is 1.07. The summed E-state index contributed by atoms with van der Waals surface area (Å²) in [6, 6.07) is 10.4. The van der Waals surface area contributed by atoms with Gasteiger partial charge in [-0.2, -0.15) is 0 Å². The molecule has 0 aromatic heterocycles. The Hall–Kier alpha value is -1.15. The second kappa shape index (κ2) is 6.67. The number of Topliss-reactive ketones (excluding diaryl/α,β-unsaturated/α-hetero) is 1. The number of fused-ring (bicyclic) bond motifs is 5. The Bertz CT molecular complexity index is 787. The molecule has 2 nitrogen and oxygen atoms in total. The van der Waals surface area contributed by atoms with Gasteiger partial charge in [0.25, 0.3) is 0 Å². The van der Waals surface area contributed by atoms with E-state index in [1.165, 1.54) is 32.1 Å². The molecule has 0 spiro atoms. The molecule has 0 unspecified atom stereocenters. The number of aliphatic hydroxyl groups is 1. The molecule has 0 saturated heterocycles. The molecule has 1 aromatic rings. The van der Waals surface area contributed by atoms with Crippen LogP contribution in [0.4, 0.5) is 0 Å². The maximum absolute atomic E-state index is 12.3. The van der Waals surface area contributed by atoms with Crippen LogP contribution in [0, 0.1) is 40.4 Å². The standard InChI is InChI=1S/C27H38O2/c1-18(28)22-11-12-23-21-10-9-20-17-27(29,19-7-5-4-6-8-19)16-15-25(20,2)24(21)13-14-26(22,23)3/h4-8,20-24,29H,9-17H2,1-3H3/t20-,21+,22-,23+,24+,25+,26-,27-/m1/s1. The van der Waals surface area contributed by atoms with Crippen molar-refractivity contribution >= 4 is 5.78 Å². The van der Waals surface area contributed by atoms with Crippen LogP contribution < -0.4 is 0 Å². The number of hydrogen-bond acceptors (Lipinski definition) is 2. The lowest BCUT2D eigenvalue weighted by atomic mass is 9.43. The number of benzene rings is 1. The van der Waals surface area contributed by atoms with Crippen LogP contribution in [-0.2, 0) is 10.4 Å². The summed E-state index contributed by atoms with van der Waals surface area (Å²) in [6.07, 6.45) is 10.4. The highest BCUT2D eigenvalue weighted by Gasteiger charge is 2.61. The Morgan fingerprint density at radius 1 is 0.897 bits per heavy atom. The lowest BCUT2D eigenvalue weighted by Gasteiger charge is -2.62. The minimum Gasteiger partial charge on any atom is -0.385 e. The predicted molar refractivity (Wildman–Crippen MR) is 116 cm³/mol. The van der Waals surface area contributed by atoms with Crippen LogP contribution >= 0.6 is 0 Å². The van der Waals surface area contributed by atoms with E-state index in [9.17, 15) is 9.90 Å². The van der Waals surface area contributed by atoms with Gasteiger partial charge in [-0.25, -0.2) is 0 Å². The van der Waals surface area contributed by atoms with Gasteiger partial charge in [-0.3, -0.25) is 4.79 Å². The van der Waals surface area contributed by atoms with Crippen molar-refractivity contribution in [2.45, 2.75) is 84.2 Å². The lowest BCUT2D eigenvalue weighted by Crippen LogP contribution is -2.55. The molecule has 4 aliphatic carbocycles. The fourth-order valence-corrected chi connectivity index (χ4v) is 8.92. The van der Waals surface area contributed by atoms with Gasteiger partial charge in [0.15, 0.2) is 0 Å².